The Kier molecular flexibility index (Phi) is 2.11. The van der Waals surface area contributed by atoms with Crippen LogP contribution in [-0.2, 0) is 7.05 Å². The number of halogens is 1. The third-order valence-corrected chi connectivity index (χ3v) is 2.05. The van der Waals surface area contributed by atoms with Crippen LogP contribution >= 0.6 is 0 Å². The van der Waals surface area contributed by atoms with E-state index in [0.717, 1.165) is 14.9 Å². The van der Waals surface area contributed by atoms with E-state index >= 15 is 0 Å². The lowest BCUT2D eigenvalue weighted by atomic mass is 10.2. The van der Waals surface area contributed by atoms with Crippen molar-refractivity contribution in [3.8, 4) is 5.69 Å². The van der Waals surface area contributed by atoms with Gasteiger partial charge in [-0.05, 0) is 35.0 Å². The maximum Gasteiger partial charge on any atom is 0.368 e. The smallest absolute Gasteiger partial charge is 0.244 e. The van der Waals surface area contributed by atoms with Crippen molar-refractivity contribution in [2.75, 3.05) is 0 Å². The molecule has 2 rings (SSSR count). The summed E-state index contributed by atoms with van der Waals surface area (Å²) >= 11 is 0. The fourth-order valence-electron chi connectivity index (χ4n) is 1.25. The topological polar surface area (TPSA) is 52.7 Å². The van der Waals surface area contributed by atoms with Crippen LogP contribution in [-0.4, -0.2) is 19.8 Å². The Morgan fingerprint density at radius 1 is 1.33 bits per heavy atom. The molecular formula is C9H9FN4O. The molecule has 0 amide bonds. The summed E-state index contributed by atoms with van der Waals surface area (Å²) < 4.78 is 15.4. The predicted octanol–water partition coefficient (Wildman–Crippen LogP) is 0.414. The van der Waals surface area contributed by atoms with Crippen LogP contribution in [0.5, 0.6) is 0 Å². The lowest BCUT2D eigenvalue weighted by Crippen LogP contribution is -2.22. The summed E-state index contributed by atoms with van der Waals surface area (Å²) in [6.45, 7) is 1.81. The van der Waals surface area contributed by atoms with E-state index in [-0.39, 0.29) is 5.69 Å². The largest absolute Gasteiger partial charge is 0.368 e. The molecule has 0 spiro atoms. The van der Waals surface area contributed by atoms with Crippen molar-refractivity contribution in [2.45, 2.75) is 6.92 Å². The lowest BCUT2D eigenvalue weighted by Gasteiger charge is -2.01. The number of benzene rings is 1. The van der Waals surface area contributed by atoms with Crippen LogP contribution in [0.25, 0.3) is 5.69 Å². The lowest BCUT2D eigenvalue weighted by molar-refractivity contribution is 0.604. The number of tetrazole rings is 1. The van der Waals surface area contributed by atoms with Crippen LogP contribution in [0, 0.1) is 12.7 Å². The van der Waals surface area contributed by atoms with Gasteiger partial charge in [0, 0.05) is 7.05 Å². The minimum absolute atomic E-state index is 0.119. The number of hydrogen-bond acceptors (Lipinski definition) is 3. The van der Waals surface area contributed by atoms with Crippen molar-refractivity contribution in [1.82, 2.24) is 19.8 Å². The van der Waals surface area contributed by atoms with Gasteiger partial charge in [0.25, 0.3) is 0 Å². The highest BCUT2D eigenvalue weighted by Crippen LogP contribution is 2.11. The normalized spacial score (nSPS) is 10.6. The first-order chi connectivity index (χ1) is 7.09. The molecule has 0 atom stereocenters. The quantitative estimate of drug-likeness (QED) is 0.682. The monoisotopic (exact) mass is 208 g/mol. The van der Waals surface area contributed by atoms with Gasteiger partial charge in [0.2, 0.25) is 0 Å². The molecule has 0 saturated carbocycles. The molecule has 6 heteroatoms. The number of hydrogen-bond donors (Lipinski definition) is 0. The molecule has 15 heavy (non-hydrogen) atoms. The van der Waals surface area contributed by atoms with E-state index in [1.54, 1.807) is 12.1 Å². The van der Waals surface area contributed by atoms with Gasteiger partial charge in [0.1, 0.15) is 11.5 Å². The molecule has 0 aliphatic heterocycles. The number of aromatic nitrogens is 4. The summed E-state index contributed by atoms with van der Waals surface area (Å²) in [5.41, 5.74) is 0.497. The van der Waals surface area contributed by atoms with Gasteiger partial charge in [-0.25, -0.2) is 9.18 Å². The molecule has 0 saturated heterocycles. The van der Waals surface area contributed by atoms with Crippen molar-refractivity contribution in [1.29, 1.82) is 0 Å². The standard InChI is InChI=1S/C9H9FN4O/c1-6-3-4-7(10)8(5-6)14-9(15)13(2)11-12-14/h3-5H,1-2H3. The first-order valence-corrected chi connectivity index (χ1v) is 4.35. The number of aryl methyl sites for hydroxylation is 2. The van der Waals surface area contributed by atoms with Crippen LogP contribution in [0.1, 0.15) is 5.56 Å². The van der Waals surface area contributed by atoms with Crippen LogP contribution in [0.4, 0.5) is 4.39 Å². The zero-order valence-corrected chi connectivity index (χ0v) is 8.31. The van der Waals surface area contributed by atoms with Crippen molar-refractivity contribution in [3.05, 3.63) is 40.1 Å². The van der Waals surface area contributed by atoms with Crippen LogP contribution in [0.2, 0.25) is 0 Å². The second-order valence-electron chi connectivity index (χ2n) is 3.25. The first kappa shape index (κ1) is 9.57. The van der Waals surface area contributed by atoms with E-state index in [4.69, 9.17) is 0 Å². The van der Waals surface area contributed by atoms with Gasteiger partial charge in [-0.3, -0.25) is 0 Å². The van der Waals surface area contributed by atoms with E-state index in [2.05, 4.69) is 10.4 Å². The predicted molar refractivity (Wildman–Crippen MR) is 51.3 cm³/mol. The molecule has 78 valence electrons. The third-order valence-electron chi connectivity index (χ3n) is 2.05. The van der Waals surface area contributed by atoms with Crippen LogP contribution < -0.4 is 5.69 Å². The Morgan fingerprint density at radius 2 is 2.07 bits per heavy atom. The molecule has 2 aromatic rings. The number of nitrogens with zero attached hydrogens (tertiary/aromatic N) is 4. The molecule has 0 aliphatic rings. The summed E-state index contributed by atoms with van der Waals surface area (Å²) in [7, 11) is 1.46. The molecule has 0 fully saturated rings. The molecule has 1 heterocycles. The van der Waals surface area contributed by atoms with Gasteiger partial charge in [0.15, 0.2) is 0 Å². The van der Waals surface area contributed by atoms with Gasteiger partial charge >= 0.3 is 5.69 Å². The second-order valence-corrected chi connectivity index (χ2v) is 3.25. The van der Waals surface area contributed by atoms with E-state index in [1.807, 2.05) is 6.92 Å². The van der Waals surface area contributed by atoms with E-state index < -0.39 is 11.5 Å². The average Bonchev–Trinajstić information content (AvgIpc) is 2.52. The molecule has 0 unspecified atom stereocenters. The highest BCUT2D eigenvalue weighted by atomic mass is 19.1. The van der Waals surface area contributed by atoms with Gasteiger partial charge in [-0.1, -0.05) is 6.07 Å². The highest BCUT2D eigenvalue weighted by Gasteiger charge is 2.10. The van der Waals surface area contributed by atoms with Gasteiger partial charge in [-0.2, -0.15) is 9.36 Å². The highest BCUT2D eigenvalue weighted by molar-refractivity contribution is 5.35. The molecule has 1 aromatic heterocycles. The van der Waals surface area contributed by atoms with Crippen LogP contribution in [0.3, 0.4) is 0 Å². The minimum Gasteiger partial charge on any atom is -0.244 e. The van der Waals surface area contributed by atoms with Crippen molar-refractivity contribution in [2.24, 2.45) is 7.05 Å². The molecule has 0 radical (unpaired) electrons. The zero-order chi connectivity index (χ0) is 11.0. The van der Waals surface area contributed by atoms with E-state index in [1.165, 1.54) is 13.1 Å². The Balaban J connectivity index is 2.69. The van der Waals surface area contributed by atoms with Crippen molar-refractivity contribution in [3.63, 3.8) is 0 Å². The molecule has 0 bridgehead atoms. The summed E-state index contributed by atoms with van der Waals surface area (Å²) in [5, 5.41) is 7.08. The minimum atomic E-state index is -0.497. The second kappa shape index (κ2) is 3.30. The van der Waals surface area contributed by atoms with E-state index in [9.17, 15) is 9.18 Å². The zero-order valence-electron chi connectivity index (χ0n) is 8.31. The third kappa shape index (κ3) is 1.54. The Hall–Kier alpha value is -1.98. The first-order valence-electron chi connectivity index (χ1n) is 4.35. The average molecular weight is 208 g/mol. The molecule has 1 aromatic carbocycles. The molecular weight excluding hydrogens is 199 g/mol. The number of rotatable bonds is 1. The summed E-state index contributed by atoms with van der Waals surface area (Å²) in [6.07, 6.45) is 0. The van der Waals surface area contributed by atoms with Crippen LogP contribution in [0.15, 0.2) is 23.0 Å². The summed E-state index contributed by atoms with van der Waals surface area (Å²) in [6, 6.07) is 4.47. The Labute approximate surface area is 84.7 Å². The fraction of sp³-hybridized carbons (Fsp3) is 0.222. The fourth-order valence-corrected chi connectivity index (χ4v) is 1.25. The Morgan fingerprint density at radius 3 is 2.67 bits per heavy atom. The summed E-state index contributed by atoms with van der Waals surface area (Å²) in [4.78, 5) is 11.5. The maximum atomic E-state index is 13.4. The van der Waals surface area contributed by atoms with Gasteiger partial charge < -0.3 is 0 Å². The van der Waals surface area contributed by atoms with Crippen molar-refractivity contribution >= 4 is 0 Å². The molecule has 5 nitrogen and oxygen atoms in total. The van der Waals surface area contributed by atoms with E-state index in [0.29, 0.717) is 0 Å². The molecule has 0 aliphatic carbocycles. The summed E-state index contributed by atoms with van der Waals surface area (Å²) in [5.74, 6) is -0.497. The SMILES string of the molecule is Cc1ccc(F)c(-n2nnn(C)c2=O)c1. The van der Waals surface area contributed by atoms with Gasteiger partial charge in [0.05, 0.1) is 0 Å². The molecule has 0 N–H and O–H groups in total. The maximum absolute atomic E-state index is 13.4. The van der Waals surface area contributed by atoms with Gasteiger partial charge in [-0.15, -0.1) is 0 Å². The Bertz CT molecular complexity index is 557. The van der Waals surface area contributed by atoms with Crippen molar-refractivity contribution < 1.29 is 4.39 Å².